The molecular formula is C14H9N3O. The lowest BCUT2D eigenvalue weighted by atomic mass is 10.0. The molecule has 3 aromatic rings. The van der Waals surface area contributed by atoms with Crippen molar-refractivity contribution in [2.75, 3.05) is 0 Å². The number of hydrogen-bond donors (Lipinski definition) is 0. The van der Waals surface area contributed by atoms with Gasteiger partial charge < -0.3 is 0 Å². The number of benzene rings is 2. The smallest absolute Gasteiger partial charge is 0.140 e. The highest BCUT2D eigenvalue weighted by Crippen LogP contribution is 2.33. The van der Waals surface area contributed by atoms with Crippen molar-refractivity contribution in [3.8, 4) is 0 Å². The van der Waals surface area contributed by atoms with Crippen LogP contribution in [0.25, 0.3) is 11.0 Å². The van der Waals surface area contributed by atoms with Gasteiger partial charge in [-0.2, -0.15) is 0 Å². The van der Waals surface area contributed by atoms with Crippen LogP contribution in [0.4, 0.5) is 5.69 Å². The zero-order valence-corrected chi connectivity index (χ0v) is 9.50. The van der Waals surface area contributed by atoms with Crippen LogP contribution < -0.4 is 0 Å². The van der Waals surface area contributed by atoms with Crippen LogP contribution in [0.1, 0.15) is 11.1 Å². The Balaban J connectivity index is 1.85. The normalized spacial score (nSPS) is 13.7. The molecule has 4 nitrogen and oxygen atoms in total. The van der Waals surface area contributed by atoms with E-state index in [4.69, 9.17) is 4.63 Å². The fourth-order valence-electron chi connectivity index (χ4n) is 2.32. The van der Waals surface area contributed by atoms with Gasteiger partial charge in [-0.25, -0.2) is 4.63 Å². The predicted octanol–water partition coefficient (Wildman–Crippen LogP) is 2.90. The summed E-state index contributed by atoms with van der Waals surface area (Å²) in [6, 6.07) is 14.1. The number of aromatic nitrogens is 2. The Morgan fingerprint density at radius 3 is 2.72 bits per heavy atom. The first-order valence-corrected chi connectivity index (χ1v) is 5.79. The van der Waals surface area contributed by atoms with Crippen LogP contribution in [0.3, 0.4) is 0 Å². The molecule has 0 saturated heterocycles. The average molecular weight is 235 g/mol. The fraction of sp³-hybridized carbons (Fsp3) is 0.0714. The molecule has 2 aromatic carbocycles. The maximum atomic E-state index is 4.78. The third-order valence-electron chi connectivity index (χ3n) is 3.21. The Morgan fingerprint density at radius 2 is 1.83 bits per heavy atom. The van der Waals surface area contributed by atoms with E-state index in [1.54, 1.807) is 0 Å². The first kappa shape index (κ1) is 9.53. The number of fused-ring (bicyclic) bond motifs is 3. The average Bonchev–Trinajstić information content (AvgIpc) is 3.05. The molecule has 0 saturated carbocycles. The monoisotopic (exact) mass is 235 g/mol. The van der Waals surface area contributed by atoms with Crippen molar-refractivity contribution in [3.63, 3.8) is 0 Å². The van der Waals surface area contributed by atoms with E-state index in [-0.39, 0.29) is 0 Å². The van der Waals surface area contributed by atoms with E-state index in [0.717, 1.165) is 40.0 Å². The van der Waals surface area contributed by atoms with Crippen molar-refractivity contribution in [1.82, 2.24) is 10.3 Å². The number of aliphatic imine (C=N–C) groups is 1. The highest BCUT2D eigenvalue weighted by Gasteiger charge is 2.20. The molecule has 0 atom stereocenters. The van der Waals surface area contributed by atoms with Gasteiger partial charge in [0, 0.05) is 12.0 Å². The number of hydrogen-bond acceptors (Lipinski definition) is 4. The summed E-state index contributed by atoms with van der Waals surface area (Å²) in [6.45, 7) is 0. The summed E-state index contributed by atoms with van der Waals surface area (Å²) in [7, 11) is 0. The van der Waals surface area contributed by atoms with Crippen LogP contribution in [-0.4, -0.2) is 16.0 Å². The summed E-state index contributed by atoms with van der Waals surface area (Å²) in [5, 5.41) is 7.82. The molecule has 0 N–H and O–H groups in total. The highest BCUT2D eigenvalue weighted by molar-refractivity contribution is 6.08. The van der Waals surface area contributed by atoms with Crippen molar-refractivity contribution < 1.29 is 4.63 Å². The minimum atomic E-state index is 0.783. The van der Waals surface area contributed by atoms with E-state index in [1.807, 2.05) is 30.3 Å². The molecular weight excluding hydrogens is 226 g/mol. The van der Waals surface area contributed by atoms with E-state index >= 15 is 0 Å². The summed E-state index contributed by atoms with van der Waals surface area (Å²) >= 11 is 0. The van der Waals surface area contributed by atoms with Crippen molar-refractivity contribution in [1.29, 1.82) is 0 Å². The summed E-state index contributed by atoms with van der Waals surface area (Å²) in [6.07, 6.45) is 0.783. The molecule has 1 aliphatic heterocycles. The molecule has 0 amide bonds. The van der Waals surface area contributed by atoms with Gasteiger partial charge in [-0.1, -0.05) is 30.3 Å². The second-order valence-corrected chi connectivity index (χ2v) is 4.30. The van der Waals surface area contributed by atoms with Crippen LogP contribution in [0.5, 0.6) is 0 Å². The van der Waals surface area contributed by atoms with Crippen molar-refractivity contribution in [2.45, 2.75) is 6.42 Å². The maximum Gasteiger partial charge on any atom is 0.140 e. The van der Waals surface area contributed by atoms with E-state index < -0.39 is 0 Å². The molecule has 2 heterocycles. The van der Waals surface area contributed by atoms with Gasteiger partial charge in [-0.3, -0.25) is 4.99 Å². The molecule has 1 aliphatic rings. The molecule has 0 unspecified atom stereocenters. The van der Waals surface area contributed by atoms with Crippen LogP contribution in [0, 0.1) is 0 Å². The third-order valence-corrected chi connectivity index (χ3v) is 3.21. The van der Waals surface area contributed by atoms with Crippen LogP contribution in [-0.2, 0) is 6.42 Å². The zero-order valence-electron chi connectivity index (χ0n) is 9.50. The van der Waals surface area contributed by atoms with Gasteiger partial charge in [0.25, 0.3) is 0 Å². The summed E-state index contributed by atoms with van der Waals surface area (Å²) in [5.74, 6) is 0. The molecule has 0 bridgehead atoms. The molecule has 86 valence electrons. The topological polar surface area (TPSA) is 51.3 Å². The minimum Gasteiger partial charge on any atom is -0.252 e. The number of nitrogens with zero attached hydrogens (tertiary/aromatic N) is 3. The number of rotatable bonds is 1. The second-order valence-electron chi connectivity index (χ2n) is 4.30. The molecule has 0 spiro atoms. The fourth-order valence-corrected chi connectivity index (χ4v) is 2.32. The zero-order chi connectivity index (χ0) is 11.9. The lowest BCUT2D eigenvalue weighted by Crippen LogP contribution is -1.99. The maximum absolute atomic E-state index is 4.78. The van der Waals surface area contributed by atoms with E-state index in [2.05, 4.69) is 27.4 Å². The van der Waals surface area contributed by atoms with Crippen LogP contribution in [0.15, 0.2) is 52.1 Å². The minimum absolute atomic E-state index is 0.783. The Labute approximate surface area is 103 Å². The molecule has 0 radical (unpaired) electrons. The summed E-state index contributed by atoms with van der Waals surface area (Å²) in [4.78, 5) is 4.66. The lowest BCUT2D eigenvalue weighted by molar-refractivity contribution is 0.315. The molecule has 18 heavy (non-hydrogen) atoms. The van der Waals surface area contributed by atoms with Gasteiger partial charge in [-0.05, 0) is 28.0 Å². The molecule has 0 fully saturated rings. The van der Waals surface area contributed by atoms with Crippen molar-refractivity contribution in [2.24, 2.45) is 4.99 Å². The molecule has 1 aromatic heterocycles. The highest BCUT2D eigenvalue weighted by atomic mass is 16.6. The van der Waals surface area contributed by atoms with Gasteiger partial charge >= 0.3 is 0 Å². The van der Waals surface area contributed by atoms with Crippen LogP contribution >= 0.6 is 0 Å². The van der Waals surface area contributed by atoms with Gasteiger partial charge in [0.05, 0.1) is 11.4 Å². The summed E-state index contributed by atoms with van der Waals surface area (Å²) in [5.41, 5.74) is 5.91. The third kappa shape index (κ3) is 1.29. The van der Waals surface area contributed by atoms with E-state index in [9.17, 15) is 0 Å². The van der Waals surface area contributed by atoms with E-state index in [1.165, 1.54) is 0 Å². The Morgan fingerprint density at radius 1 is 0.944 bits per heavy atom. The molecule has 4 rings (SSSR count). The van der Waals surface area contributed by atoms with Crippen molar-refractivity contribution in [3.05, 3.63) is 53.6 Å². The Bertz CT molecular complexity index is 759. The largest absolute Gasteiger partial charge is 0.252 e. The standard InChI is InChI=1S/C14H9N3O/c1-2-4-9(5-3-1)13-8-10-11(15-13)6-7-12-14(10)17-18-16-12/h1-7H,8H2. The molecule has 4 heteroatoms. The van der Waals surface area contributed by atoms with Gasteiger partial charge in [0.2, 0.25) is 0 Å². The van der Waals surface area contributed by atoms with Gasteiger partial charge in [0.1, 0.15) is 11.0 Å². The molecule has 0 aliphatic carbocycles. The quantitative estimate of drug-likeness (QED) is 0.651. The Kier molecular flexibility index (Phi) is 1.85. The predicted molar refractivity (Wildman–Crippen MR) is 68.1 cm³/mol. The second kappa shape index (κ2) is 3.50. The first-order chi connectivity index (χ1) is 8.92. The lowest BCUT2D eigenvalue weighted by Gasteiger charge is -1.98. The Hall–Kier alpha value is -2.49. The summed E-state index contributed by atoms with van der Waals surface area (Å²) < 4.78 is 4.78. The van der Waals surface area contributed by atoms with Crippen molar-refractivity contribution >= 4 is 22.4 Å². The van der Waals surface area contributed by atoms with Crippen LogP contribution in [0.2, 0.25) is 0 Å². The SMILES string of the molecule is c1ccc(C2=Nc3ccc4nonc4c3C2)cc1. The van der Waals surface area contributed by atoms with Gasteiger partial charge in [-0.15, -0.1) is 0 Å². The first-order valence-electron chi connectivity index (χ1n) is 5.79. The van der Waals surface area contributed by atoms with Gasteiger partial charge in [0.15, 0.2) is 0 Å². The van der Waals surface area contributed by atoms with E-state index in [0.29, 0.717) is 0 Å².